The van der Waals surface area contributed by atoms with Gasteiger partial charge >= 0.3 is 0 Å². The smallest absolute Gasteiger partial charge is 0.266 e. The molecule has 0 radical (unpaired) electrons. The summed E-state index contributed by atoms with van der Waals surface area (Å²) < 4.78 is 19.1. The molecule has 2 rings (SSSR count). The highest BCUT2D eigenvalue weighted by Gasteiger charge is 2.20. The highest BCUT2D eigenvalue weighted by molar-refractivity contribution is 5.93. The van der Waals surface area contributed by atoms with E-state index in [9.17, 15) is 9.18 Å². The van der Waals surface area contributed by atoms with Gasteiger partial charge in [-0.15, -0.1) is 0 Å². The summed E-state index contributed by atoms with van der Waals surface area (Å²) in [7, 11) is 3.95. The van der Waals surface area contributed by atoms with Gasteiger partial charge in [0.1, 0.15) is 5.82 Å². The molecule has 0 aliphatic heterocycles. The Hall–Kier alpha value is -2.47. The van der Waals surface area contributed by atoms with Crippen molar-refractivity contribution in [2.45, 2.75) is 26.0 Å². The van der Waals surface area contributed by atoms with E-state index >= 15 is 0 Å². The maximum Gasteiger partial charge on any atom is 0.266 e. The molecule has 0 saturated heterocycles. The highest BCUT2D eigenvalue weighted by Crippen LogP contribution is 2.18. The maximum atomic E-state index is 13.7. The number of aromatic nitrogens is 1. The second-order valence-corrected chi connectivity index (χ2v) is 5.72. The summed E-state index contributed by atoms with van der Waals surface area (Å²) in [6, 6.07) is 9.68. The van der Waals surface area contributed by atoms with E-state index in [2.05, 4.69) is 10.3 Å². The molecule has 0 aliphatic carbocycles. The normalized spacial score (nSPS) is 12.0. The fourth-order valence-electron chi connectivity index (χ4n) is 2.18. The van der Waals surface area contributed by atoms with Crippen LogP contribution in [0.5, 0.6) is 5.75 Å². The van der Waals surface area contributed by atoms with Crippen molar-refractivity contribution in [1.82, 2.24) is 9.88 Å². The molecule has 0 saturated carbocycles. The molecule has 1 N–H and O–H groups in total. The van der Waals surface area contributed by atoms with Gasteiger partial charge in [-0.05, 0) is 44.3 Å². The Bertz CT molecular complexity index is 674. The van der Waals surface area contributed by atoms with Crippen molar-refractivity contribution in [2.24, 2.45) is 0 Å². The van der Waals surface area contributed by atoms with E-state index in [0.717, 1.165) is 12.1 Å². The number of para-hydroxylation sites is 1. The average molecular weight is 331 g/mol. The molecule has 1 unspecified atom stereocenters. The quantitative estimate of drug-likeness (QED) is 0.847. The van der Waals surface area contributed by atoms with Crippen LogP contribution in [0.3, 0.4) is 0 Å². The lowest BCUT2D eigenvalue weighted by molar-refractivity contribution is -0.122. The molecule has 5 nitrogen and oxygen atoms in total. The number of benzene rings is 1. The molecule has 0 fully saturated rings. The number of nitrogens with one attached hydrogen (secondary N) is 1. The van der Waals surface area contributed by atoms with Crippen LogP contribution in [0.4, 0.5) is 10.2 Å². The first-order valence-corrected chi connectivity index (χ1v) is 7.81. The number of ether oxygens (including phenoxy) is 1. The maximum absolute atomic E-state index is 13.7. The van der Waals surface area contributed by atoms with Crippen LogP contribution in [0.15, 0.2) is 42.6 Å². The molecule has 1 aromatic heterocycles. The molecule has 2 aromatic rings. The molecule has 1 amide bonds. The number of hydrogen-bond donors (Lipinski definition) is 1. The van der Waals surface area contributed by atoms with Crippen molar-refractivity contribution >= 4 is 11.7 Å². The minimum absolute atomic E-state index is 0.0637. The Kier molecular flexibility index (Phi) is 6.26. The van der Waals surface area contributed by atoms with Crippen molar-refractivity contribution in [2.75, 3.05) is 19.4 Å². The molecule has 0 spiro atoms. The van der Waals surface area contributed by atoms with E-state index in [1.807, 2.05) is 25.1 Å². The summed E-state index contributed by atoms with van der Waals surface area (Å²) >= 11 is 0. The molecule has 1 atom stereocenters. The lowest BCUT2D eigenvalue weighted by Gasteiger charge is -2.17. The zero-order chi connectivity index (χ0) is 17.5. The van der Waals surface area contributed by atoms with Gasteiger partial charge in [0.2, 0.25) is 0 Å². The molecule has 6 heteroatoms. The third-order valence-electron chi connectivity index (χ3n) is 3.34. The Labute approximate surface area is 141 Å². The van der Waals surface area contributed by atoms with Crippen LogP contribution < -0.4 is 10.1 Å². The van der Waals surface area contributed by atoms with Crippen LogP contribution in [-0.4, -0.2) is 36.0 Å². The standard InChI is InChI=1S/C18H22FN3O2/c1-4-15(24-16-8-6-5-7-14(16)19)18(23)21-17-10-9-13(11-20-17)12-22(2)3/h5-11,15H,4,12H2,1-3H3,(H,20,21,23). The lowest BCUT2D eigenvalue weighted by Crippen LogP contribution is -2.32. The van der Waals surface area contributed by atoms with Gasteiger partial charge in [-0.3, -0.25) is 4.79 Å². The minimum Gasteiger partial charge on any atom is -0.478 e. The first kappa shape index (κ1) is 17.9. The van der Waals surface area contributed by atoms with Crippen molar-refractivity contribution in [3.63, 3.8) is 0 Å². The Morgan fingerprint density at radius 2 is 2.04 bits per heavy atom. The van der Waals surface area contributed by atoms with Crippen LogP contribution in [0.1, 0.15) is 18.9 Å². The molecule has 1 heterocycles. The van der Waals surface area contributed by atoms with Gasteiger partial charge in [-0.25, -0.2) is 9.37 Å². The number of hydrogen-bond acceptors (Lipinski definition) is 4. The second-order valence-electron chi connectivity index (χ2n) is 5.72. The van der Waals surface area contributed by atoms with E-state index < -0.39 is 11.9 Å². The van der Waals surface area contributed by atoms with Crippen LogP contribution in [-0.2, 0) is 11.3 Å². The molecular weight excluding hydrogens is 309 g/mol. The molecule has 0 bridgehead atoms. The van der Waals surface area contributed by atoms with Crippen molar-refractivity contribution in [3.8, 4) is 5.75 Å². The fourth-order valence-corrected chi connectivity index (χ4v) is 2.18. The zero-order valence-electron chi connectivity index (χ0n) is 14.1. The van der Waals surface area contributed by atoms with E-state index in [-0.39, 0.29) is 11.7 Å². The SMILES string of the molecule is CCC(Oc1ccccc1F)C(=O)Nc1ccc(CN(C)C)cn1. The van der Waals surface area contributed by atoms with E-state index in [0.29, 0.717) is 12.2 Å². The van der Waals surface area contributed by atoms with Crippen LogP contribution in [0.2, 0.25) is 0 Å². The fraction of sp³-hybridized carbons (Fsp3) is 0.333. The summed E-state index contributed by atoms with van der Waals surface area (Å²) in [6.45, 7) is 2.58. The number of nitrogens with zero attached hydrogens (tertiary/aromatic N) is 2. The van der Waals surface area contributed by atoms with Gasteiger partial charge in [0.05, 0.1) is 0 Å². The number of halogens is 1. The van der Waals surface area contributed by atoms with Gasteiger partial charge in [-0.2, -0.15) is 0 Å². The summed E-state index contributed by atoms with van der Waals surface area (Å²) in [4.78, 5) is 18.6. The number of carbonyl (C=O) groups is 1. The Balaban J connectivity index is 2.00. The Morgan fingerprint density at radius 1 is 1.29 bits per heavy atom. The first-order valence-electron chi connectivity index (χ1n) is 7.81. The second kappa shape index (κ2) is 8.40. The van der Waals surface area contributed by atoms with E-state index in [4.69, 9.17) is 4.74 Å². The van der Waals surface area contributed by atoms with Gasteiger partial charge in [0, 0.05) is 12.7 Å². The predicted octanol–water partition coefficient (Wildman–Crippen LogP) is 3.08. The van der Waals surface area contributed by atoms with Crippen LogP contribution >= 0.6 is 0 Å². The van der Waals surface area contributed by atoms with Crippen molar-refractivity contribution in [1.29, 1.82) is 0 Å². The lowest BCUT2D eigenvalue weighted by atomic mass is 10.2. The molecule has 128 valence electrons. The molecule has 24 heavy (non-hydrogen) atoms. The third kappa shape index (κ3) is 5.03. The third-order valence-corrected chi connectivity index (χ3v) is 3.34. The van der Waals surface area contributed by atoms with Gasteiger partial charge in [-0.1, -0.05) is 25.1 Å². The highest BCUT2D eigenvalue weighted by atomic mass is 19.1. The van der Waals surface area contributed by atoms with Gasteiger partial charge in [0.15, 0.2) is 17.7 Å². The average Bonchev–Trinajstić information content (AvgIpc) is 2.55. The summed E-state index contributed by atoms with van der Waals surface area (Å²) in [5.41, 5.74) is 1.05. The molecule has 0 aliphatic rings. The number of carbonyl (C=O) groups excluding carboxylic acids is 1. The number of rotatable bonds is 7. The number of amides is 1. The van der Waals surface area contributed by atoms with E-state index in [1.54, 1.807) is 31.3 Å². The van der Waals surface area contributed by atoms with E-state index in [1.165, 1.54) is 12.1 Å². The topological polar surface area (TPSA) is 54.5 Å². The van der Waals surface area contributed by atoms with Gasteiger partial charge in [0.25, 0.3) is 5.91 Å². The molecule has 1 aromatic carbocycles. The monoisotopic (exact) mass is 331 g/mol. The van der Waals surface area contributed by atoms with Crippen molar-refractivity contribution in [3.05, 3.63) is 54.0 Å². The largest absolute Gasteiger partial charge is 0.478 e. The Morgan fingerprint density at radius 3 is 2.62 bits per heavy atom. The summed E-state index contributed by atoms with van der Waals surface area (Å²) in [6.07, 6.45) is 1.35. The summed E-state index contributed by atoms with van der Waals surface area (Å²) in [5, 5.41) is 2.70. The summed E-state index contributed by atoms with van der Waals surface area (Å²) in [5.74, 6) is -0.338. The predicted molar refractivity (Wildman–Crippen MR) is 91.4 cm³/mol. The van der Waals surface area contributed by atoms with Crippen LogP contribution in [0, 0.1) is 5.82 Å². The zero-order valence-corrected chi connectivity index (χ0v) is 14.1. The molecular formula is C18H22FN3O2. The van der Waals surface area contributed by atoms with Crippen molar-refractivity contribution < 1.29 is 13.9 Å². The van der Waals surface area contributed by atoms with Gasteiger partial charge < -0.3 is 15.0 Å². The first-order chi connectivity index (χ1) is 11.5. The minimum atomic E-state index is -0.787. The number of anilines is 1. The number of pyridine rings is 1. The van der Waals surface area contributed by atoms with Crippen LogP contribution in [0.25, 0.3) is 0 Å².